The Bertz CT molecular complexity index is 923. The van der Waals surface area contributed by atoms with Crippen LogP contribution in [0.15, 0.2) is 59.5 Å². The van der Waals surface area contributed by atoms with E-state index in [2.05, 4.69) is 10.6 Å². The van der Waals surface area contributed by atoms with E-state index in [-0.39, 0.29) is 24.2 Å². The van der Waals surface area contributed by atoms with Gasteiger partial charge >= 0.3 is 0 Å². The van der Waals surface area contributed by atoms with Crippen LogP contribution < -0.4 is 16.4 Å². The third-order valence-electron chi connectivity index (χ3n) is 4.33. The van der Waals surface area contributed by atoms with Gasteiger partial charge in [-0.15, -0.1) is 0 Å². The fourth-order valence-corrected chi connectivity index (χ4v) is 3.96. The van der Waals surface area contributed by atoms with E-state index in [9.17, 15) is 23.0 Å². The number of carbonyl (C=O) groups excluding carboxylic acids is 3. The van der Waals surface area contributed by atoms with Crippen LogP contribution in [0, 0.1) is 5.82 Å². The van der Waals surface area contributed by atoms with Gasteiger partial charge < -0.3 is 16.4 Å². The predicted molar refractivity (Wildman–Crippen MR) is 111 cm³/mol. The normalized spacial score (nSPS) is 13.7. The molecule has 0 heterocycles. The fourth-order valence-electron chi connectivity index (χ4n) is 2.81. The molecular weight excluding hydrogens is 409 g/mol. The number of hydrogen-bond donors (Lipinski definition) is 3. The van der Waals surface area contributed by atoms with E-state index in [1.807, 2.05) is 0 Å². The van der Waals surface area contributed by atoms with Crippen LogP contribution in [0.4, 0.5) is 4.39 Å². The first-order valence-electron chi connectivity index (χ1n) is 9.31. The van der Waals surface area contributed by atoms with Crippen LogP contribution >= 0.6 is 0 Å². The molecule has 2 rings (SSSR count). The Morgan fingerprint density at radius 3 is 2.23 bits per heavy atom. The predicted octanol–water partition coefficient (Wildman–Crippen LogP) is 1.04. The minimum Gasteiger partial charge on any atom is -0.368 e. The number of rotatable bonds is 10. The summed E-state index contributed by atoms with van der Waals surface area (Å²) in [5.74, 6) is -2.35. The number of halogens is 1. The topological polar surface area (TPSA) is 118 Å². The van der Waals surface area contributed by atoms with E-state index < -0.39 is 46.4 Å². The number of nitrogens with two attached hydrogens (primary N) is 1. The second kappa shape index (κ2) is 11.2. The maximum Gasteiger partial charge on any atom is 0.243 e. The van der Waals surface area contributed by atoms with Crippen LogP contribution in [0.2, 0.25) is 0 Å². The zero-order chi connectivity index (χ0) is 22.1. The van der Waals surface area contributed by atoms with E-state index in [4.69, 9.17) is 5.73 Å². The van der Waals surface area contributed by atoms with Gasteiger partial charge in [0.2, 0.25) is 17.7 Å². The summed E-state index contributed by atoms with van der Waals surface area (Å²) < 4.78 is 26.3. The van der Waals surface area contributed by atoms with Gasteiger partial charge in [-0.25, -0.2) is 4.39 Å². The molecule has 4 N–H and O–H groups in total. The lowest BCUT2D eigenvalue weighted by Crippen LogP contribution is -2.53. The maximum absolute atomic E-state index is 14.0. The van der Waals surface area contributed by atoms with Crippen LogP contribution in [-0.2, 0) is 31.6 Å². The highest BCUT2D eigenvalue weighted by Crippen LogP contribution is 2.11. The number of primary amides is 1. The average molecular weight is 434 g/mol. The number of hydrogen-bond acceptors (Lipinski definition) is 4. The molecule has 0 aromatic heterocycles. The van der Waals surface area contributed by atoms with Crippen molar-refractivity contribution in [3.8, 4) is 0 Å². The molecule has 0 bridgehead atoms. The summed E-state index contributed by atoms with van der Waals surface area (Å²) in [4.78, 5) is 36.6. The monoisotopic (exact) mass is 433 g/mol. The Morgan fingerprint density at radius 1 is 1.00 bits per heavy atom. The van der Waals surface area contributed by atoms with Crippen molar-refractivity contribution in [3.05, 3.63) is 66.0 Å². The van der Waals surface area contributed by atoms with Crippen molar-refractivity contribution in [2.45, 2.75) is 36.7 Å². The maximum atomic E-state index is 14.0. The first-order chi connectivity index (χ1) is 14.3. The third-order valence-corrected chi connectivity index (χ3v) is 5.74. The molecule has 0 aliphatic heterocycles. The SMILES string of the molecule is CC(=O)N[C@H](Cc1ccccc1F)C(=O)N[C@H](CC[S@](=O)c1ccccc1)C(N)=O. The zero-order valence-electron chi connectivity index (χ0n) is 16.5. The van der Waals surface area contributed by atoms with E-state index in [0.717, 1.165) is 0 Å². The van der Waals surface area contributed by atoms with Crippen molar-refractivity contribution >= 4 is 28.5 Å². The van der Waals surface area contributed by atoms with Crippen molar-refractivity contribution in [3.63, 3.8) is 0 Å². The Hall–Kier alpha value is -3.07. The van der Waals surface area contributed by atoms with Crippen molar-refractivity contribution in [1.29, 1.82) is 0 Å². The van der Waals surface area contributed by atoms with Gasteiger partial charge in [0.25, 0.3) is 0 Å². The molecule has 7 nitrogen and oxygen atoms in total. The quantitative estimate of drug-likeness (QED) is 0.519. The van der Waals surface area contributed by atoms with Gasteiger partial charge in [-0.1, -0.05) is 36.4 Å². The third kappa shape index (κ3) is 7.07. The average Bonchev–Trinajstić information content (AvgIpc) is 2.71. The summed E-state index contributed by atoms with van der Waals surface area (Å²) in [6.07, 6.45) is -0.0470. The second-order valence-electron chi connectivity index (χ2n) is 6.66. The summed E-state index contributed by atoms with van der Waals surface area (Å²) in [5.41, 5.74) is 5.63. The Morgan fingerprint density at radius 2 is 1.63 bits per heavy atom. The highest BCUT2D eigenvalue weighted by molar-refractivity contribution is 7.85. The highest BCUT2D eigenvalue weighted by Gasteiger charge is 2.26. The van der Waals surface area contributed by atoms with E-state index in [1.165, 1.54) is 25.1 Å². The van der Waals surface area contributed by atoms with Crippen LogP contribution in [0.3, 0.4) is 0 Å². The fraction of sp³-hybridized carbons (Fsp3) is 0.286. The van der Waals surface area contributed by atoms with Crippen molar-refractivity contribution in [2.24, 2.45) is 5.73 Å². The first kappa shape index (κ1) is 23.2. The molecule has 0 spiro atoms. The van der Waals surface area contributed by atoms with Gasteiger partial charge in [-0.3, -0.25) is 18.6 Å². The molecule has 3 amide bonds. The minimum absolute atomic E-state index is 0.0507. The standard InChI is InChI=1S/C21H24FN3O4S/c1-14(26)24-19(13-15-7-5-6-10-17(15)22)21(28)25-18(20(23)27)11-12-30(29)16-8-3-2-4-9-16/h2-10,18-19H,11-13H2,1H3,(H2,23,27)(H,24,26)(H,25,28)/t18-,19-,30+/m1/s1. The molecule has 0 saturated carbocycles. The Balaban J connectivity index is 2.06. The molecule has 0 unspecified atom stereocenters. The summed E-state index contributed by atoms with van der Waals surface area (Å²) >= 11 is 0. The van der Waals surface area contributed by atoms with Gasteiger partial charge in [0.05, 0.1) is 10.8 Å². The lowest BCUT2D eigenvalue weighted by Gasteiger charge is -2.21. The molecule has 30 heavy (non-hydrogen) atoms. The van der Waals surface area contributed by atoms with Gasteiger partial charge in [0, 0.05) is 24.0 Å². The first-order valence-corrected chi connectivity index (χ1v) is 10.6. The number of nitrogens with one attached hydrogen (secondary N) is 2. The van der Waals surface area contributed by atoms with Gasteiger partial charge in [-0.05, 0) is 30.2 Å². The van der Waals surface area contributed by atoms with E-state index in [1.54, 1.807) is 36.4 Å². The molecular formula is C21H24FN3O4S. The molecule has 0 saturated heterocycles. The van der Waals surface area contributed by atoms with Crippen LogP contribution in [0.25, 0.3) is 0 Å². The summed E-state index contributed by atoms with van der Waals surface area (Å²) in [6, 6.07) is 12.4. The Labute approximate surface area is 176 Å². The molecule has 0 radical (unpaired) electrons. The second-order valence-corrected chi connectivity index (χ2v) is 8.23. The number of benzene rings is 2. The van der Waals surface area contributed by atoms with Crippen LogP contribution in [-0.4, -0.2) is 39.8 Å². The van der Waals surface area contributed by atoms with Gasteiger partial charge in [0.1, 0.15) is 17.9 Å². The smallest absolute Gasteiger partial charge is 0.243 e. The largest absolute Gasteiger partial charge is 0.368 e. The molecule has 2 aromatic carbocycles. The molecule has 3 atom stereocenters. The van der Waals surface area contributed by atoms with Gasteiger partial charge in [-0.2, -0.15) is 0 Å². The molecule has 0 fully saturated rings. The van der Waals surface area contributed by atoms with Crippen molar-refractivity contribution < 1.29 is 23.0 Å². The van der Waals surface area contributed by atoms with E-state index in [0.29, 0.717) is 4.90 Å². The van der Waals surface area contributed by atoms with Crippen LogP contribution in [0.1, 0.15) is 18.9 Å². The summed E-state index contributed by atoms with van der Waals surface area (Å²) in [5, 5.41) is 4.94. The molecule has 0 aliphatic rings. The lowest BCUT2D eigenvalue weighted by molar-refractivity contribution is -0.130. The zero-order valence-corrected chi connectivity index (χ0v) is 17.3. The minimum atomic E-state index is -1.37. The van der Waals surface area contributed by atoms with Crippen molar-refractivity contribution in [2.75, 3.05) is 5.75 Å². The number of carbonyl (C=O) groups is 3. The van der Waals surface area contributed by atoms with Crippen molar-refractivity contribution in [1.82, 2.24) is 10.6 Å². The summed E-state index contributed by atoms with van der Waals surface area (Å²) in [6.45, 7) is 1.23. The lowest BCUT2D eigenvalue weighted by atomic mass is 10.0. The van der Waals surface area contributed by atoms with E-state index >= 15 is 0 Å². The summed E-state index contributed by atoms with van der Waals surface area (Å²) in [7, 11) is -1.37. The highest BCUT2D eigenvalue weighted by atomic mass is 32.2. The Kier molecular flexibility index (Phi) is 8.67. The molecule has 9 heteroatoms. The van der Waals surface area contributed by atoms with Crippen LogP contribution in [0.5, 0.6) is 0 Å². The number of amides is 3. The molecule has 2 aromatic rings. The van der Waals surface area contributed by atoms with Gasteiger partial charge in [0.15, 0.2) is 0 Å². The molecule has 0 aliphatic carbocycles. The molecule has 160 valence electrons.